The maximum atomic E-state index is 10.5. The largest absolute Gasteiger partial charge is 0.398 e. The Balaban J connectivity index is 0.000000316. The number of nitrogens with zero attached hydrogens (tertiary/aromatic N) is 1. The van der Waals surface area contributed by atoms with Crippen molar-refractivity contribution in [2.45, 2.75) is 65.7 Å². The summed E-state index contributed by atoms with van der Waals surface area (Å²) < 4.78 is 2.33. The molecule has 0 aromatic heterocycles. The van der Waals surface area contributed by atoms with Crippen molar-refractivity contribution in [2.75, 3.05) is 34.7 Å². The summed E-state index contributed by atoms with van der Waals surface area (Å²) in [5.74, 6) is 6.19. The van der Waals surface area contributed by atoms with Crippen LogP contribution in [0.3, 0.4) is 0 Å². The molecular weight excluding hydrogens is 621 g/mol. The minimum absolute atomic E-state index is 0.631. The molecule has 45 heavy (non-hydrogen) atoms. The molecule has 6 N–H and O–H groups in total. The second-order valence-electron chi connectivity index (χ2n) is 10.3. The summed E-state index contributed by atoms with van der Waals surface area (Å²) in [5, 5.41) is 6.41. The van der Waals surface area contributed by atoms with E-state index in [2.05, 4.69) is 35.5 Å². The van der Waals surface area contributed by atoms with Crippen LogP contribution >= 0.6 is 35.1 Å². The topological polar surface area (TPSA) is 96.4 Å². The average Bonchev–Trinajstić information content (AvgIpc) is 3.37. The fraction of sp³-hybridized carbons (Fsp3) is 0.361. The lowest BCUT2D eigenvalue weighted by atomic mass is 10.1. The molecule has 0 aliphatic carbocycles. The van der Waals surface area contributed by atoms with Gasteiger partial charge in [-0.15, -0.1) is 0 Å². The predicted molar refractivity (Wildman–Crippen MR) is 203 cm³/mol. The number of anilines is 3. The number of hydrogen-bond acceptors (Lipinski definition) is 7. The molecule has 1 aliphatic heterocycles. The molecule has 0 saturated carbocycles. The van der Waals surface area contributed by atoms with Gasteiger partial charge in [0.2, 0.25) is 0 Å². The van der Waals surface area contributed by atoms with Crippen molar-refractivity contribution < 1.29 is 4.79 Å². The van der Waals surface area contributed by atoms with Crippen LogP contribution in [-0.2, 0) is 0 Å². The van der Waals surface area contributed by atoms with E-state index < -0.39 is 0 Å². The Bertz CT molecular complexity index is 1330. The first-order chi connectivity index (χ1) is 21.8. The molecule has 0 atom stereocenters. The number of benzene rings is 3. The van der Waals surface area contributed by atoms with Crippen molar-refractivity contribution in [1.82, 2.24) is 5.43 Å². The Morgan fingerprint density at radius 1 is 1.04 bits per heavy atom. The van der Waals surface area contributed by atoms with Crippen LogP contribution in [0.2, 0.25) is 5.02 Å². The SMILES string of the molecule is C=C/C(Cl)=C(C)/C=C/NN.CCCCCC.CNc1ccc(Cl)c2c(N)cccc12.O=Cc1ccc(N2CCCCCS2)cc1. The third-order valence-electron chi connectivity index (χ3n) is 6.80. The van der Waals surface area contributed by atoms with Gasteiger partial charge in [0, 0.05) is 64.0 Å². The Labute approximate surface area is 285 Å². The fourth-order valence-electron chi connectivity index (χ4n) is 4.22. The van der Waals surface area contributed by atoms with Crippen LogP contribution in [-0.4, -0.2) is 25.6 Å². The number of rotatable bonds is 9. The molecule has 246 valence electrons. The number of nitrogens with two attached hydrogens (primary N) is 2. The van der Waals surface area contributed by atoms with Crippen LogP contribution < -0.4 is 26.6 Å². The lowest BCUT2D eigenvalue weighted by Gasteiger charge is -2.20. The average molecular weight is 673 g/mol. The second kappa shape index (κ2) is 24.2. The highest BCUT2D eigenvalue weighted by molar-refractivity contribution is 8.00. The second-order valence-corrected chi connectivity index (χ2v) is 12.2. The number of carbonyl (C=O) groups is 1. The monoisotopic (exact) mass is 671 g/mol. The van der Waals surface area contributed by atoms with E-state index in [1.807, 2.05) is 80.5 Å². The zero-order chi connectivity index (χ0) is 33.5. The van der Waals surface area contributed by atoms with Gasteiger partial charge in [0.15, 0.2) is 0 Å². The molecule has 0 radical (unpaired) electrons. The minimum atomic E-state index is 0.631. The van der Waals surface area contributed by atoms with Gasteiger partial charge in [-0.3, -0.25) is 10.6 Å². The van der Waals surface area contributed by atoms with Crippen molar-refractivity contribution >= 4 is 69.3 Å². The van der Waals surface area contributed by atoms with Gasteiger partial charge in [0.05, 0.1) is 5.02 Å². The maximum absolute atomic E-state index is 10.5. The number of fused-ring (bicyclic) bond motifs is 1. The molecule has 0 amide bonds. The lowest BCUT2D eigenvalue weighted by molar-refractivity contribution is 0.112. The molecule has 1 fully saturated rings. The van der Waals surface area contributed by atoms with E-state index in [-0.39, 0.29) is 0 Å². The Kier molecular flexibility index (Phi) is 21.4. The summed E-state index contributed by atoms with van der Waals surface area (Å²) in [5.41, 5.74) is 12.9. The van der Waals surface area contributed by atoms with E-state index in [9.17, 15) is 4.79 Å². The first-order valence-corrected chi connectivity index (χ1v) is 17.2. The van der Waals surface area contributed by atoms with E-state index in [1.54, 1.807) is 18.4 Å². The molecule has 3 aromatic rings. The number of nitrogen functional groups attached to an aromatic ring is 1. The van der Waals surface area contributed by atoms with Gasteiger partial charge < -0.3 is 20.8 Å². The van der Waals surface area contributed by atoms with Gasteiger partial charge in [0.25, 0.3) is 0 Å². The first kappa shape index (κ1) is 39.9. The van der Waals surface area contributed by atoms with E-state index in [0.717, 1.165) is 40.4 Å². The highest BCUT2D eigenvalue weighted by Gasteiger charge is 2.10. The Morgan fingerprint density at radius 2 is 1.73 bits per heavy atom. The molecule has 1 saturated heterocycles. The summed E-state index contributed by atoms with van der Waals surface area (Å²) in [6.07, 6.45) is 15.3. The summed E-state index contributed by atoms with van der Waals surface area (Å²) in [7, 11) is 1.88. The van der Waals surface area contributed by atoms with Gasteiger partial charge in [-0.2, -0.15) is 0 Å². The van der Waals surface area contributed by atoms with Crippen molar-refractivity contribution in [2.24, 2.45) is 5.84 Å². The predicted octanol–water partition coefficient (Wildman–Crippen LogP) is 10.5. The molecule has 1 aliphatic rings. The summed E-state index contributed by atoms with van der Waals surface area (Å²) in [6.45, 7) is 11.0. The third-order valence-corrected chi connectivity index (χ3v) is 8.75. The first-order valence-electron chi connectivity index (χ1n) is 15.5. The van der Waals surface area contributed by atoms with Crippen molar-refractivity contribution in [3.05, 3.63) is 101 Å². The number of nitrogens with one attached hydrogen (secondary N) is 2. The number of hydrazine groups is 1. The quantitative estimate of drug-likeness (QED) is 0.0342. The number of hydrogen-bond donors (Lipinski definition) is 4. The number of halogens is 2. The fourth-order valence-corrected chi connectivity index (χ4v) is 5.64. The van der Waals surface area contributed by atoms with Crippen molar-refractivity contribution in [1.29, 1.82) is 0 Å². The van der Waals surface area contributed by atoms with Gasteiger partial charge in [-0.05, 0) is 85.8 Å². The smallest absolute Gasteiger partial charge is 0.150 e. The number of carbonyl (C=O) groups excluding carboxylic acids is 1. The molecule has 0 unspecified atom stereocenters. The summed E-state index contributed by atoms with van der Waals surface area (Å²) >= 11 is 13.7. The van der Waals surface area contributed by atoms with Gasteiger partial charge in [-0.25, -0.2) is 0 Å². The van der Waals surface area contributed by atoms with Gasteiger partial charge in [0.1, 0.15) is 6.29 Å². The molecular formula is C36H51Cl2N5OS. The molecule has 4 rings (SSSR count). The van der Waals surface area contributed by atoms with Crippen LogP contribution in [0.15, 0.2) is 90.1 Å². The Hall–Kier alpha value is -3.10. The molecule has 6 nitrogen and oxygen atoms in total. The zero-order valence-electron chi connectivity index (χ0n) is 27.3. The summed E-state index contributed by atoms with van der Waals surface area (Å²) in [6, 6.07) is 17.4. The van der Waals surface area contributed by atoms with E-state index in [0.29, 0.717) is 15.7 Å². The van der Waals surface area contributed by atoms with Crippen molar-refractivity contribution in [3.63, 3.8) is 0 Å². The van der Waals surface area contributed by atoms with Crippen LogP contribution in [0.1, 0.15) is 76.1 Å². The number of aldehydes is 1. The van der Waals surface area contributed by atoms with E-state index >= 15 is 0 Å². The molecule has 0 spiro atoms. The molecule has 0 bridgehead atoms. The van der Waals surface area contributed by atoms with Crippen LogP contribution in [0, 0.1) is 0 Å². The molecule has 3 aromatic carbocycles. The van der Waals surface area contributed by atoms with Gasteiger partial charge in [-0.1, -0.05) is 93.9 Å². The normalized spacial score (nSPS) is 13.1. The lowest BCUT2D eigenvalue weighted by Crippen LogP contribution is -2.14. The van der Waals surface area contributed by atoms with Crippen LogP contribution in [0.5, 0.6) is 0 Å². The van der Waals surface area contributed by atoms with Crippen LogP contribution in [0.25, 0.3) is 10.8 Å². The van der Waals surface area contributed by atoms with E-state index in [1.165, 1.54) is 56.4 Å². The van der Waals surface area contributed by atoms with Gasteiger partial charge >= 0.3 is 0 Å². The number of allylic oxidation sites excluding steroid dienone is 4. The minimum Gasteiger partial charge on any atom is -0.398 e. The zero-order valence-corrected chi connectivity index (χ0v) is 29.6. The molecule has 9 heteroatoms. The highest BCUT2D eigenvalue weighted by atomic mass is 35.5. The standard InChI is InChI=1S/C12H15NOS.C11H11ClN2.C7H11ClN2.C6H14/c14-10-11-4-6-12(7-5-11)13-8-2-1-3-9-15-13;1-14-10-6-5-8(12)11-7(10)3-2-4-9(11)13;1-3-7(8)6(2)4-5-10-9;1-3-5-6-4-2/h4-7,10H,1-3,8-9H2;2-6,14H,13H2,1H3;3-5,10H,1,9H2,2H3;3-6H2,1-2H3/b;;5-4+,7-6-;. The summed E-state index contributed by atoms with van der Waals surface area (Å²) in [4.78, 5) is 10.5. The molecule has 1 heterocycles. The highest BCUT2D eigenvalue weighted by Crippen LogP contribution is 2.33. The van der Waals surface area contributed by atoms with Crippen molar-refractivity contribution in [3.8, 4) is 0 Å². The number of unbranched alkanes of at least 4 members (excludes halogenated alkanes) is 3. The Morgan fingerprint density at radius 3 is 2.31 bits per heavy atom. The maximum Gasteiger partial charge on any atom is 0.150 e. The van der Waals surface area contributed by atoms with E-state index in [4.69, 9.17) is 34.8 Å². The third kappa shape index (κ3) is 15.2. The van der Waals surface area contributed by atoms with Crippen LogP contribution in [0.4, 0.5) is 17.1 Å².